The third kappa shape index (κ3) is 5.43. The molecular formula is C21H18N4O5S. The zero-order chi connectivity index (χ0) is 21.8. The first-order valence-electron chi connectivity index (χ1n) is 9.52. The fraction of sp³-hybridized carbons (Fsp3) is 0.190. The van der Waals surface area contributed by atoms with E-state index >= 15 is 0 Å². The summed E-state index contributed by atoms with van der Waals surface area (Å²) >= 11 is 1.21. The molecule has 10 heteroatoms. The molecule has 158 valence electrons. The van der Waals surface area contributed by atoms with Gasteiger partial charge in [-0.1, -0.05) is 18.2 Å². The van der Waals surface area contributed by atoms with E-state index in [4.69, 9.17) is 4.74 Å². The lowest BCUT2D eigenvalue weighted by Crippen LogP contribution is -2.20. The molecule has 0 atom stereocenters. The summed E-state index contributed by atoms with van der Waals surface area (Å²) in [5, 5.41) is 18.5. The lowest BCUT2D eigenvalue weighted by atomic mass is 10.1. The number of hydrogen-bond donors (Lipinski definition) is 2. The van der Waals surface area contributed by atoms with Crippen LogP contribution in [0, 0.1) is 16.0 Å². The molecule has 0 spiro atoms. The highest BCUT2D eigenvalue weighted by Crippen LogP contribution is 2.31. The minimum Gasteiger partial charge on any atom is -0.484 e. The normalized spacial score (nSPS) is 12.8. The summed E-state index contributed by atoms with van der Waals surface area (Å²) in [5.74, 6) is 0.159. The first kappa shape index (κ1) is 20.5. The van der Waals surface area contributed by atoms with Gasteiger partial charge in [-0.25, -0.2) is 4.98 Å². The third-order valence-electron chi connectivity index (χ3n) is 4.52. The molecule has 1 saturated carbocycles. The zero-order valence-corrected chi connectivity index (χ0v) is 17.1. The fourth-order valence-electron chi connectivity index (χ4n) is 2.80. The standard InChI is InChI=1S/C21H18N4O5S/c26-19(11-30-17-6-2-4-15(10-17)22-20(27)13-7-8-13)24-21-23-18(12-31-21)14-3-1-5-16(9-14)25(28)29/h1-6,9-10,12-13H,7-8,11H2,(H,22,27)(H,23,24,26). The predicted molar refractivity (Wildman–Crippen MR) is 116 cm³/mol. The second-order valence-corrected chi connectivity index (χ2v) is 7.83. The van der Waals surface area contributed by atoms with Gasteiger partial charge >= 0.3 is 0 Å². The van der Waals surface area contributed by atoms with E-state index in [1.54, 1.807) is 41.8 Å². The summed E-state index contributed by atoms with van der Waals surface area (Å²) in [4.78, 5) is 38.8. The Morgan fingerprint density at radius 3 is 2.74 bits per heavy atom. The van der Waals surface area contributed by atoms with Crippen molar-refractivity contribution in [2.75, 3.05) is 17.2 Å². The number of amides is 2. The van der Waals surface area contributed by atoms with Crippen LogP contribution in [0.1, 0.15) is 12.8 Å². The molecule has 0 unspecified atom stereocenters. The molecule has 1 aromatic heterocycles. The highest BCUT2D eigenvalue weighted by molar-refractivity contribution is 7.14. The van der Waals surface area contributed by atoms with Crippen LogP contribution in [0.5, 0.6) is 5.75 Å². The van der Waals surface area contributed by atoms with Crippen LogP contribution in [0.15, 0.2) is 53.9 Å². The molecule has 3 aromatic rings. The lowest BCUT2D eigenvalue weighted by Gasteiger charge is -2.09. The number of thiazole rings is 1. The highest BCUT2D eigenvalue weighted by atomic mass is 32.1. The van der Waals surface area contributed by atoms with Crippen molar-refractivity contribution >= 4 is 39.7 Å². The van der Waals surface area contributed by atoms with E-state index in [2.05, 4.69) is 15.6 Å². The minimum absolute atomic E-state index is 0.00165. The number of aromatic nitrogens is 1. The number of hydrogen-bond acceptors (Lipinski definition) is 7. The smallest absolute Gasteiger partial charge is 0.270 e. The number of nitro groups is 1. The van der Waals surface area contributed by atoms with Gasteiger partial charge in [0, 0.05) is 40.7 Å². The van der Waals surface area contributed by atoms with E-state index in [0.29, 0.717) is 27.8 Å². The van der Waals surface area contributed by atoms with Crippen molar-refractivity contribution in [2.45, 2.75) is 12.8 Å². The molecule has 1 aliphatic carbocycles. The Morgan fingerprint density at radius 1 is 1.16 bits per heavy atom. The van der Waals surface area contributed by atoms with Crippen molar-refractivity contribution in [3.63, 3.8) is 0 Å². The van der Waals surface area contributed by atoms with Crippen molar-refractivity contribution < 1.29 is 19.2 Å². The van der Waals surface area contributed by atoms with Gasteiger partial charge in [0.25, 0.3) is 11.6 Å². The number of ether oxygens (including phenoxy) is 1. The molecule has 4 rings (SSSR count). The van der Waals surface area contributed by atoms with Crippen molar-refractivity contribution in [2.24, 2.45) is 5.92 Å². The monoisotopic (exact) mass is 438 g/mol. The van der Waals surface area contributed by atoms with Gasteiger partial charge in [0.2, 0.25) is 5.91 Å². The quantitative estimate of drug-likeness (QED) is 0.403. The number of benzene rings is 2. The van der Waals surface area contributed by atoms with Gasteiger partial charge in [0.15, 0.2) is 11.7 Å². The molecule has 9 nitrogen and oxygen atoms in total. The molecule has 0 bridgehead atoms. The average Bonchev–Trinajstić information content (AvgIpc) is 3.52. The molecule has 0 radical (unpaired) electrons. The number of non-ortho nitro benzene ring substituents is 1. The molecule has 1 aliphatic rings. The first-order chi connectivity index (χ1) is 15.0. The second-order valence-electron chi connectivity index (χ2n) is 6.97. The van der Waals surface area contributed by atoms with Gasteiger partial charge < -0.3 is 10.1 Å². The van der Waals surface area contributed by atoms with E-state index in [1.807, 2.05) is 0 Å². The fourth-order valence-corrected chi connectivity index (χ4v) is 3.54. The molecule has 2 aromatic carbocycles. The van der Waals surface area contributed by atoms with Crippen LogP contribution in [0.2, 0.25) is 0 Å². The van der Waals surface area contributed by atoms with Crippen LogP contribution < -0.4 is 15.4 Å². The summed E-state index contributed by atoms with van der Waals surface area (Å²) in [6.45, 7) is -0.230. The van der Waals surface area contributed by atoms with E-state index in [0.717, 1.165) is 12.8 Å². The molecule has 0 saturated heterocycles. The maximum atomic E-state index is 12.2. The number of nitro benzene ring substituents is 1. The van der Waals surface area contributed by atoms with Crippen LogP contribution >= 0.6 is 11.3 Å². The van der Waals surface area contributed by atoms with Crippen molar-refractivity contribution in [3.05, 3.63) is 64.0 Å². The largest absolute Gasteiger partial charge is 0.484 e. The number of rotatable bonds is 8. The Kier molecular flexibility index (Phi) is 5.89. The van der Waals surface area contributed by atoms with Gasteiger partial charge in [-0.3, -0.25) is 25.0 Å². The maximum absolute atomic E-state index is 12.2. The highest BCUT2D eigenvalue weighted by Gasteiger charge is 2.29. The Labute approximate surface area is 181 Å². The van der Waals surface area contributed by atoms with Gasteiger partial charge in [0.05, 0.1) is 10.6 Å². The number of carbonyl (C=O) groups is 2. The van der Waals surface area contributed by atoms with Crippen LogP contribution in [0.25, 0.3) is 11.3 Å². The number of carbonyl (C=O) groups excluding carboxylic acids is 2. The van der Waals surface area contributed by atoms with Crippen molar-refractivity contribution in [3.8, 4) is 17.0 Å². The predicted octanol–water partition coefficient (Wildman–Crippen LogP) is 4.08. The Bertz CT molecular complexity index is 1140. The number of nitrogens with zero attached hydrogens (tertiary/aromatic N) is 2. The van der Waals surface area contributed by atoms with Crippen molar-refractivity contribution in [1.29, 1.82) is 0 Å². The van der Waals surface area contributed by atoms with E-state index in [-0.39, 0.29) is 24.1 Å². The molecule has 2 N–H and O–H groups in total. The number of nitrogens with one attached hydrogen (secondary N) is 2. The van der Waals surface area contributed by atoms with Gasteiger partial charge in [-0.05, 0) is 25.0 Å². The third-order valence-corrected chi connectivity index (χ3v) is 5.28. The minimum atomic E-state index is -0.470. The average molecular weight is 438 g/mol. The summed E-state index contributed by atoms with van der Waals surface area (Å²) in [6, 6.07) is 13.0. The first-order valence-corrected chi connectivity index (χ1v) is 10.4. The Morgan fingerprint density at radius 2 is 1.97 bits per heavy atom. The van der Waals surface area contributed by atoms with E-state index in [9.17, 15) is 19.7 Å². The summed E-state index contributed by atoms with van der Waals surface area (Å²) in [7, 11) is 0. The van der Waals surface area contributed by atoms with Gasteiger partial charge in [0.1, 0.15) is 5.75 Å². The van der Waals surface area contributed by atoms with Gasteiger partial charge in [-0.2, -0.15) is 0 Å². The van der Waals surface area contributed by atoms with E-state index < -0.39 is 10.8 Å². The summed E-state index contributed by atoms with van der Waals surface area (Å²) < 4.78 is 5.51. The Hall–Kier alpha value is -3.79. The maximum Gasteiger partial charge on any atom is 0.270 e. The lowest BCUT2D eigenvalue weighted by molar-refractivity contribution is -0.384. The second kappa shape index (κ2) is 8.92. The SMILES string of the molecule is O=C(COc1cccc(NC(=O)C2CC2)c1)Nc1nc(-c2cccc([N+](=O)[O-])c2)cs1. The zero-order valence-electron chi connectivity index (χ0n) is 16.2. The van der Waals surface area contributed by atoms with Crippen LogP contribution in [0.4, 0.5) is 16.5 Å². The van der Waals surface area contributed by atoms with Crippen LogP contribution in [-0.2, 0) is 9.59 Å². The van der Waals surface area contributed by atoms with Crippen molar-refractivity contribution in [1.82, 2.24) is 4.98 Å². The summed E-state index contributed by atoms with van der Waals surface area (Å²) in [6.07, 6.45) is 1.84. The Balaban J connectivity index is 1.32. The van der Waals surface area contributed by atoms with E-state index in [1.165, 1.54) is 23.5 Å². The molecule has 0 aliphatic heterocycles. The molecule has 2 amide bonds. The van der Waals surface area contributed by atoms with Crippen LogP contribution in [-0.4, -0.2) is 28.3 Å². The summed E-state index contributed by atoms with van der Waals surface area (Å²) in [5.41, 5.74) is 1.72. The molecule has 1 heterocycles. The van der Waals surface area contributed by atoms with Crippen LogP contribution in [0.3, 0.4) is 0 Å². The topological polar surface area (TPSA) is 123 Å². The van der Waals surface area contributed by atoms with Gasteiger partial charge in [-0.15, -0.1) is 11.3 Å². The molecule has 1 fully saturated rings. The molecular weight excluding hydrogens is 420 g/mol. The number of anilines is 2. The molecule has 31 heavy (non-hydrogen) atoms.